The number of halogens is 1. The maximum Gasteiger partial charge on any atom is 0.255 e. The summed E-state index contributed by atoms with van der Waals surface area (Å²) in [5, 5.41) is 5.20. The Bertz CT molecular complexity index is 1060. The fraction of sp³-hybridized carbons (Fsp3) is 0.458. The lowest BCUT2D eigenvalue weighted by Gasteiger charge is -2.36. The molecule has 1 aromatic carbocycles. The molecule has 1 aromatic heterocycles. The number of hydrogen-bond donors (Lipinski definition) is 1. The second kappa shape index (κ2) is 8.41. The quantitative estimate of drug-likeness (QED) is 0.773. The zero-order valence-electron chi connectivity index (χ0n) is 17.9. The molecule has 0 spiro atoms. The lowest BCUT2D eigenvalue weighted by Crippen LogP contribution is -2.55. The van der Waals surface area contributed by atoms with Gasteiger partial charge in [0.15, 0.2) is 0 Å². The van der Waals surface area contributed by atoms with Crippen molar-refractivity contribution in [2.75, 3.05) is 26.2 Å². The molecule has 6 nitrogen and oxygen atoms in total. The van der Waals surface area contributed by atoms with Crippen molar-refractivity contribution in [1.82, 2.24) is 15.1 Å². The van der Waals surface area contributed by atoms with Crippen molar-refractivity contribution >= 4 is 28.9 Å². The number of carbonyl (C=O) groups excluding carboxylic acids is 3. The molecule has 1 N–H and O–H groups in total. The zero-order valence-corrected chi connectivity index (χ0v) is 18.7. The van der Waals surface area contributed by atoms with E-state index >= 15 is 0 Å². The van der Waals surface area contributed by atoms with E-state index < -0.39 is 29.7 Å². The summed E-state index contributed by atoms with van der Waals surface area (Å²) in [6.07, 6.45) is 1.03. The molecule has 168 valence electrons. The number of ketones is 1. The average molecular weight is 456 g/mol. The second-order valence-electron chi connectivity index (χ2n) is 8.85. The van der Waals surface area contributed by atoms with Crippen LogP contribution in [0.5, 0.6) is 0 Å². The number of hydrogen-bond acceptors (Lipinski definition) is 5. The van der Waals surface area contributed by atoms with Gasteiger partial charge in [-0.15, -0.1) is 11.3 Å². The van der Waals surface area contributed by atoms with E-state index in [1.807, 2.05) is 18.4 Å². The molecule has 4 unspecified atom stereocenters. The number of amides is 2. The van der Waals surface area contributed by atoms with Gasteiger partial charge in [-0.2, -0.15) is 0 Å². The van der Waals surface area contributed by atoms with Gasteiger partial charge in [0.1, 0.15) is 17.6 Å². The van der Waals surface area contributed by atoms with Crippen molar-refractivity contribution in [2.45, 2.75) is 31.8 Å². The average Bonchev–Trinajstić information content (AvgIpc) is 3.48. The third-order valence-electron chi connectivity index (χ3n) is 7.06. The molecule has 3 heterocycles. The third-order valence-corrected chi connectivity index (χ3v) is 8.15. The number of benzene rings is 1. The molecule has 2 aliphatic heterocycles. The summed E-state index contributed by atoms with van der Waals surface area (Å²) in [6, 6.07) is 6.35. The van der Waals surface area contributed by atoms with E-state index in [4.69, 9.17) is 0 Å². The number of piperazine rings is 1. The van der Waals surface area contributed by atoms with Crippen LogP contribution in [0.1, 0.15) is 39.7 Å². The number of fused-ring (bicyclic) bond motifs is 1. The van der Waals surface area contributed by atoms with E-state index in [1.165, 1.54) is 29.5 Å². The zero-order chi connectivity index (χ0) is 22.4. The minimum atomic E-state index is -0.716. The summed E-state index contributed by atoms with van der Waals surface area (Å²) in [5.41, 5.74) is 1.21. The summed E-state index contributed by atoms with van der Waals surface area (Å²) in [4.78, 5) is 45.0. The largest absolute Gasteiger partial charge is 0.338 e. The van der Waals surface area contributed by atoms with E-state index in [1.54, 1.807) is 15.9 Å². The Labute approximate surface area is 190 Å². The fourth-order valence-corrected chi connectivity index (χ4v) is 6.66. The van der Waals surface area contributed by atoms with Crippen LogP contribution >= 0.6 is 11.3 Å². The molecule has 4 atom stereocenters. The lowest BCUT2D eigenvalue weighted by atomic mass is 9.88. The van der Waals surface area contributed by atoms with E-state index in [-0.39, 0.29) is 23.2 Å². The number of thiophene rings is 1. The molecular weight excluding hydrogens is 429 g/mol. The Balaban J connectivity index is 1.62. The van der Waals surface area contributed by atoms with Crippen molar-refractivity contribution in [2.24, 2.45) is 11.8 Å². The topological polar surface area (TPSA) is 69.7 Å². The molecule has 1 aliphatic carbocycles. The molecule has 1 saturated carbocycles. The van der Waals surface area contributed by atoms with E-state index in [2.05, 4.69) is 5.32 Å². The Morgan fingerprint density at radius 3 is 2.66 bits per heavy atom. The molecule has 2 amide bonds. The highest BCUT2D eigenvalue weighted by atomic mass is 32.1. The predicted molar refractivity (Wildman–Crippen MR) is 119 cm³/mol. The first-order valence-corrected chi connectivity index (χ1v) is 12.0. The van der Waals surface area contributed by atoms with Crippen molar-refractivity contribution in [1.29, 1.82) is 0 Å². The number of rotatable bonds is 3. The molecule has 32 heavy (non-hydrogen) atoms. The molecule has 8 heteroatoms. The molecule has 3 aliphatic rings. The van der Waals surface area contributed by atoms with Gasteiger partial charge in [-0.3, -0.25) is 14.4 Å². The third kappa shape index (κ3) is 3.46. The van der Waals surface area contributed by atoms with Crippen LogP contribution in [0.2, 0.25) is 0 Å². The van der Waals surface area contributed by atoms with Crippen LogP contribution in [-0.2, 0) is 9.59 Å². The maximum absolute atomic E-state index is 14.0. The Morgan fingerprint density at radius 2 is 1.97 bits per heavy atom. The standard InChI is InChI=1S/C24H26FN3O3S/c1-14-7-12-32-22(14)21-19-17(5-6-18(19)29)20(24(31)27-10-8-26-9-11-27)28(21)23(30)15-3-2-4-16(25)13-15/h2-4,7,12-13,17,19-21,26H,5-6,8-11H2,1H3. The van der Waals surface area contributed by atoms with Crippen LogP contribution in [0.25, 0.3) is 0 Å². The van der Waals surface area contributed by atoms with Gasteiger partial charge in [0.05, 0.1) is 6.04 Å². The van der Waals surface area contributed by atoms with Crippen LogP contribution in [0, 0.1) is 24.6 Å². The number of nitrogens with zero attached hydrogens (tertiary/aromatic N) is 2. The van der Waals surface area contributed by atoms with Crippen LogP contribution < -0.4 is 5.32 Å². The van der Waals surface area contributed by atoms with Crippen molar-refractivity contribution < 1.29 is 18.8 Å². The van der Waals surface area contributed by atoms with Crippen LogP contribution in [0.15, 0.2) is 35.7 Å². The van der Waals surface area contributed by atoms with Crippen molar-refractivity contribution in [3.8, 4) is 0 Å². The van der Waals surface area contributed by atoms with Crippen LogP contribution in [-0.4, -0.2) is 59.6 Å². The molecule has 0 radical (unpaired) electrons. The van der Waals surface area contributed by atoms with E-state index in [9.17, 15) is 18.8 Å². The smallest absolute Gasteiger partial charge is 0.255 e. The fourth-order valence-electron chi connectivity index (χ4n) is 5.59. The van der Waals surface area contributed by atoms with Gasteiger partial charge in [0, 0.05) is 54.9 Å². The number of Topliss-reactive ketones (excluding diaryl/α,β-unsaturated/α-hetero) is 1. The summed E-state index contributed by atoms with van der Waals surface area (Å²) < 4.78 is 14.0. The van der Waals surface area contributed by atoms with Gasteiger partial charge in [0.25, 0.3) is 5.91 Å². The van der Waals surface area contributed by atoms with E-state index in [0.717, 1.165) is 10.4 Å². The van der Waals surface area contributed by atoms with Gasteiger partial charge in [0.2, 0.25) is 5.91 Å². The highest BCUT2D eigenvalue weighted by Crippen LogP contribution is 2.53. The molecule has 3 fully saturated rings. The number of likely N-dealkylation sites (tertiary alicyclic amines) is 1. The summed E-state index contributed by atoms with van der Waals surface area (Å²) in [7, 11) is 0. The predicted octanol–water partition coefficient (Wildman–Crippen LogP) is 2.79. The van der Waals surface area contributed by atoms with Gasteiger partial charge in [-0.25, -0.2) is 4.39 Å². The minimum Gasteiger partial charge on any atom is -0.338 e. The molecule has 2 aromatic rings. The normalized spacial score (nSPS) is 27.6. The Morgan fingerprint density at radius 1 is 1.19 bits per heavy atom. The molecule has 5 rings (SSSR count). The number of nitrogens with one attached hydrogen (secondary N) is 1. The molecule has 0 bridgehead atoms. The second-order valence-corrected chi connectivity index (χ2v) is 9.80. The Kier molecular flexibility index (Phi) is 5.59. The summed E-state index contributed by atoms with van der Waals surface area (Å²) >= 11 is 1.51. The maximum atomic E-state index is 14.0. The van der Waals surface area contributed by atoms with E-state index in [0.29, 0.717) is 39.0 Å². The van der Waals surface area contributed by atoms with Crippen molar-refractivity contribution in [3.05, 3.63) is 57.5 Å². The van der Waals surface area contributed by atoms with Gasteiger partial charge < -0.3 is 15.1 Å². The SMILES string of the molecule is Cc1ccsc1C1C2C(=O)CCC2C(C(=O)N2CCNCC2)N1C(=O)c1cccc(F)c1. The number of carbonyl (C=O) groups is 3. The first kappa shape index (κ1) is 21.3. The van der Waals surface area contributed by atoms with Gasteiger partial charge in [-0.05, 0) is 48.6 Å². The monoisotopic (exact) mass is 455 g/mol. The van der Waals surface area contributed by atoms with Crippen LogP contribution in [0.3, 0.4) is 0 Å². The van der Waals surface area contributed by atoms with Crippen LogP contribution in [0.4, 0.5) is 4.39 Å². The first-order chi connectivity index (χ1) is 15.5. The first-order valence-electron chi connectivity index (χ1n) is 11.1. The van der Waals surface area contributed by atoms with Gasteiger partial charge in [-0.1, -0.05) is 6.07 Å². The molecular formula is C24H26FN3O3S. The highest BCUT2D eigenvalue weighted by molar-refractivity contribution is 7.10. The lowest BCUT2D eigenvalue weighted by molar-refractivity contribution is -0.137. The minimum absolute atomic E-state index is 0.0994. The molecule has 2 saturated heterocycles. The summed E-state index contributed by atoms with van der Waals surface area (Å²) in [6.45, 7) is 4.53. The van der Waals surface area contributed by atoms with Gasteiger partial charge >= 0.3 is 0 Å². The highest BCUT2D eigenvalue weighted by Gasteiger charge is 2.60. The number of aryl methyl sites for hydroxylation is 1. The summed E-state index contributed by atoms with van der Waals surface area (Å²) in [5.74, 6) is -1.49. The Hall–Kier alpha value is -2.58. The van der Waals surface area contributed by atoms with Crippen molar-refractivity contribution in [3.63, 3.8) is 0 Å².